The highest BCUT2D eigenvalue weighted by molar-refractivity contribution is 9.10. The number of ether oxygens (including phenoxy) is 1. The molecule has 1 aliphatic carbocycles. The van der Waals surface area contributed by atoms with E-state index >= 15 is 0 Å². The van der Waals surface area contributed by atoms with E-state index in [9.17, 15) is 9.90 Å². The minimum absolute atomic E-state index is 0.293. The second-order valence-electron chi connectivity index (χ2n) is 7.37. The van der Waals surface area contributed by atoms with E-state index in [4.69, 9.17) is 27.9 Å². The number of hydrogen-bond acceptors (Lipinski definition) is 2. The molecule has 1 N–H and O–H groups in total. The maximum Gasteiger partial charge on any atom is 0.335 e. The molecule has 0 fully saturated rings. The maximum absolute atomic E-state index is 11.4. The molecule has 0 atom stereocenters. The summed E-state index contributed by atoms with van der Waals surface area (Å²) in [6.07, 6.45) is 2.82. The van der Waals surface area contributed by atoms with E-state index in [1.54, 1.807) is 30.3 Å². The van der Waals surface area contributed by atoms with Gasteiger partial charge in [0.1, 0.15) is 12.4 Å². The van der Waals surface area contributed by atoms with Crippen LogP contribution in [0.1, 0.15) is 46.3 Å². The zero-order valence-electron chi connectivity index (χ0n) is 16.5. The van der Waals surface area contributed by atoms with Gasteiger partial charge in [-0.15, -0.1) is 0 Å². The first kappa shape index (κ1) is 21.9. The van der Waals surface area contributed by atoms with Gasteiger partial charge in [0, 0.05) is 10.0 Å². The Morgan fingerprint density at radius 2 is 1.77 bits per heavy atom. The topological polar surface area (TPSA) is 46.5 Å². The molecule has 1 aliphatic rings. The summed E-state index contributed by atoms with van der Waals surface area (Å²) in [6, 6.07) is 18.6. The van der Waals surface area contributed by atoms with E-state index in [1.807, 2.05) is 24.3 Å². The van der Waals surface area contributed by atoms with Crippen LogP contribution in [0.4, 0.5) is 0 Å². The third-order valence-corrected chi connectivity index (χ3v) is 6.55. The van der Waals surface area contributed by atoms with Crippen molar-refractivity contribution in [2.24, 2.45) is 0 Å². The number of hydrogen-bond donors (Lipinski definition) is 1. The second-order valence-corrected chi connectivity index (χ2v) is 9.10. The number of aromatic carboxylic acids is 1. The Labute approximate surface area is 199 Å². The predicted octanol–water partition coefficient (Wildman–Crippen LogP) is 8.13. The van der Waals surface area contributed by atoms with Gasteiger partial charge in [0.25, 0.3) is 0 Å². The summed E-state index contributed by atoms with van der Waals surface area (Å²) < 4.78 is 7.14. The van der Waals surface area contributed by atoms with Gasteiger partial charge in [0.15, 0.2) is 0 Å². The lowest BCUT2D eigenvalue weighted by molar-refractivity contribution is 0.0697. The van der Waals surface area contributed by atoms with Crippen LogP contribution in [-0.2, 0) is 6.61 Å². The van der Waals surface area contributed by atoms with Gasteiger partial charge in [-0.2, -0.15) is 0 Å². The number of halogens is 3. The van der Waals surface area contributed by atoms with Crippen LogP contribution in [0.25, 0.3) is 11.1 Å². The zero-order valence-corrected chi connectivity index (χ0v) is 19.6. The lowest BCUT2D eigenvalue weighted by Crippen LogP contribution is -2.00. The highest BCUT2D eigenvalue weighted by atomic mass is 79.9. The Hall–Kier alpha value is -2.27. The molecule has 3 aromatic rings. The van der Waals surface area contributed by atoms with E-state index in [2.05, 4.69) is 22.0 Å². The van der Waals surface area contributed by atoms with Crippen molar-refractivity contribution in [2.45, 2.75) is 25.9 Å². The third kappa shape index (κ3) is 4.98. The minimum Gasteiger partial charge on any atom is -0.488 e. The number of allylic oxidation sites excluding steroid dienone is 2. The average molecular weight is 518 g/mol. The fourth-order valence-corrected chi connectivity index (χ4v) is 4.54. The van der Waals surface area contributed by atoms with Gasteiger partial charge in [0.05, 0.1) is 15.6 Å². The van der Waals surface area contributed by atoms with Crippen LogP contribution in [0.5, 0.6) is 5.75 Å². The Bertz CT molecular complexity index is 1190. The summed E-state index contributed by atoms with van der Waals surface area (Å²) in [6.45, 7) is 0.364. The minimum atomic E-state index is -0.921. The normalized spacial score (nSPS) is 13.5. The summed E-state index contributed by atoms with van der Waals surface area (Å²) in [5.74, 6) is -0.145. The van der Waals surface area contributed by atoms with E-state index in [-0.39, 0.29) is 0 Å². The molecule has 0 bridgehead atoms. The van der Waals surface area contributed by atoms with Gasteiger partial charge in [-0.3, -0.25) is 0 Å². The van der Waals surface area contributed by atoms with Gasteiger partial charge in [0.2, 0.25) is 0 Å². The van der Waals surface area contributed by atoms with Gasteiger partial charge in [-0.05, 0) is 84.0 Å². The summed E-state index contributed by atoms with van der Waals surface area (Å²) in [4.78, 5) is 11.4. The number of carbonyl (C=O) groups is 1. The Morgan fingerprint density at radius 1 is 0.968 bits per heavy atom. The lowest BCUT2D eigenvalue weighted by Gasteiger charge is -2.16. The molecular weight excluding hydrogens is 499 g/mol. The molecule has 0 amide bonds. The van der Waals surface area contributed by atoms with Crippen LogP contribution in [0.2, 0.25) is 10.0 Å². The summed E-state index contributed by atoms with van der Waals surface area (Å²) >= 11 is 15.7. The molecule has 0 aromatic heterocycles. The Morgan fingerprint density at radius 3 is 2.55 bits per heavy atom. The molecule has 3 nitrogen and oxygen atoms in total. The van der Waals surface area contributed by atoms with Crippen molar-refractivity contribution in [3.63, 3.8) is 0 Å². The van der Waals surface area contributed by atoms with Crippen molar-refractivity contribution in [3.05, 3.63) is 97.4 Å². The number of carboxylic acid groups (broad SMARTS) is 1. The van der Waals surface area contributed by atoms with Crippen molar-refractivity contribution in [1.29, 1.82) is 0 Å². The predicted molar refractivity (Wildman–Crippen MR) is 129 cm³/mol. The van der Waals surface area contributed by atoms with Crippen molar-refractivity contribution in [1.82, 2.24) is 0 Å². The SMILES string of the molecule is O=C(O)c1cccc(C2=C(c3cc(Br)ccc3OCc3ccc(Cl)c(Cl)c3)CCC2)c1. The second kappa shape index (κ2) is 9.47. The van der Waals surface area contributed by atoms with Crippen LogP contribution in [0, 0.1) is 0 Å². The monoisotopic (exact) mass is 516 g/mol. The first-order valence-corrected chi connectivity index (χ1v) is 11.4. The summed E-state index contributed by atoms with van der Waals surface area (Å²) in [5.41, 5.74) is 5.54. The molecule has 0 saturated heterocycles. The molecule has 31 heavy (non-hydrogen) atoms. The number of rotatable bonds is 6. The van der Waals surface area contributed by atoms with Crippen LogP contribution in [-0.4, -0.2) is 11.1 Å². The molecule has 0 spiro atoms. The fraction of sp³-hybridized carbons (Fsp3) is 0.160. The van der Waals surface area contributed by atoms with Crippen LogP contribution < -0.4 is 4.74 Å². The zero-order chi connectivity index (χ0) is 22.0. The van der Waals surface area contributed by atoms with Gasteiger partial charge < -0.3 is 9.84 Å². The first-order valence-electron chi connectivity index (χ1n) is 9.85. The van der Waals surface area contributed by atoms with E-state index in [0.29, 0.717) is 22.2 Å². The van der Waals surface area contributed by atoms with Gasteiger partial charge in [-0.25, -0.2) is 4.79 Å². The molecule has 3 aromatic carbocycles. The standard InChI is InChI=1S/C25H19BrCl2O3/c26-18-8-10-24(31-14-15-7-9-22(27)23(28)11-15)21(13-18)20-6-2-5-19(20)16-3-1-4-17(12-16)25(29)30/h1,3-4,7-13H,2,5-6,14H2,(H,29,30). The van der Waals surface area contributed by atoms with Gasteiger partial charge in [-0.1, -0.05) is 57.3 Å². The third-order valence-electron chi connectivity index (χ3n) is 5.32. The highest BCUT2D eigenvalue weighted by Gasteiger charge is 2.21. The number of carboxylic acids is 1. The quantitative estimate of drug-likeness (QED) is 0.359. The molecule has 4 rings (SSSR count). The molecule has 6 heteroatoms. The molecule has 158 valence electrons. The van der Waals surface area contributed by atoms with Crippen LogP contribution in [0.3, 0.4) is 0 Å². The molecule has 0 unspecified atom stereocenters. The molecule has 0 saturated carbocycles. The van der Waals surface area contributed by atoms with Crippen molar-refractivity contribution in [2.75, 3.05) is 0 Å². The van der Waals surface area contributed by atoms with E-state index < -0.39 is 5.97 Å². The Balaban J connectivity index is 1.70. The van der Waals surface area contributed by atoms with Crippen LogP contribution in [0.15, 0.2) is 65.1 Å². The maximum atomic E-state index is 11.4. The lowest BCUT2D eigenvalue weighted by atomic mass is 9.95. The van der Waals surface area contributed by atoms with Crippen molar-refractivity contribution >= 4 is 56.2 Å². The Kier molecular flexibility index (Phi) is 6.71. The fourth-order valence-electron chi connectivity index (χ4n) is 3.85. The first-order chi connectivity index (χ1) is 14.9. The average Bonchev–Trinajstić information content (AvgIpc) is 3.25. The molecule has 0 radical (unpaired) electrons. The van der Waals surface area contributed by atoms with Gasteiger partial charge >= 0.3 is 5.97 Å². The molecular formula is C25H19BrCl2O3. The highest BCUT2D eigenvalue weighted by Crippen LogP contribution is 2.44. The smallest absolute Gasteiger partial charge is 0.335 e. The molecule has 0 aliphatic heterocycles. The van der Waals surface area contributed by atoms with E-state index in [0.717, 1.165) is 46.2 Å². The van der Waals surface area contributed by atoms with Crippen molar-refractivity contribution < 1.29 is 14.6 Å². The molecule has 0 heterocycles. The largest absolute Gasteiger partial charge is 0.488 e. The van der Waals surface area contributed by atoms with Crippen LogP contribution >= 0.6 is 39.1 Å². The number of benzene rings is 3. The van der Waals surface area contributed by atoms with E-state index in [1.165, 1.54) is 11.1 Å². The summed E-state index contributed by atoms with van der Waals surface area (Å²) in [7, 11) is 0. The van der Waals surface area contributed by atoms with Crippen molar-refractivity contribution in [3.8, 4) is 5.75 Å². The summed E-state index contributed by atoms with van der Waals surface area (Å²) in [5, 5.41) is 10.4.